The zero-order chi connectivity index (χ0) is 10.9. The van der Waals surface area contributed by atoms with Crippen LogP contribution in [0.25, 0.3) is 0 Å². The number of rotatable bonds is 4. The molecule has 0 spiro atoms. The smallest absolute Gasteiger partial charge is 0.136 e. The van der Waals surface area contributed by atoms with Crippen molar-refractivity contribution in [1.29, 1.82) is 4.78 Å². The largest absolute Gasteiger partial charge is 0.312 e. The van der Waals surface area contributed by atoms with Crippen molar-refractivity contribution in [3.8, 4) is 0 Å². The van der Waals surface area contributed by atoms with Gasteiger partial charge in [-0.3, -0.25) is 4.72 Å². The van der Waals surface area contributed by atoms with E-state index in [1.165, 1.54) is 0 Å². The third kappa shape index (κ3) is 2.13. The molecule has 1 unspecified atom stereocenters. The van der Waals surface area contributed by atoms with Crippen molar-refractivity contribution in [2.24, 2.45) is 0 Å². The quantitative estimate of drug-likeness (QED) is 0.699. The molecule has 0 amide bonds. The van der Waals surface area contributed by atoms with Gasteiger partial charge in [-0.1, -0.05) is 6.92 Å². The van der Waals surface area contributed by atoms with E-state index in [2.05, 4.69) is 15.1 Å². The molecule has 7 heteroatoms. The SMILES string of the molecule is CCS(=N)(=O)Nc1ccnn1C1CNC1. The van der Waals surface area contributed by atoms with E-state index in [-0.39, 0.29) is 0 Å². The second kappa shape index (κ2) is 3.82. The summed E-state index contributed by atoms with van der Waals surface area (Å²) < 4.78 is 23.7. The summed E-state index contributed by atoms with van der Waals surface area (Å²) in [6.45, 7) is 3.48. The molecule has 0 bridgehead atoms. The van der Waals surface area contributed by atoms with Gasteiger partial charge in [0, 0.05) is 24.9 Å². The normalized spacial score (nSPS) is 20.6. The molecule has 0 radical (unpaired) electrons. The van der Waals surface area contributed by atoms with Gasteiger partial charge in [-0.2, -0.15) is 5.10 Å². The summed E-state index contributed by atoms with van der Waals surface area (Å²) in [4.78, 5) is 0. The Balaban J connectivity index is 2.18. The van der Waals surface area contributed by atoms with Crippen LogP contribution in [0.4, 0.5) is 5.82 Å². The highest BCUT2D eigenvalue weighted by atomic mass is 32.2. The number of hydrogen-bond acceptors (Lipinski definition) is 4. The summed E-state index contributed by atoms with van der Waals surface area (Å²) in [5.74, 6) is 0.963. The highest BCUT2D eigenvalue weighted by Gasteiger charge is 2.22. The highest BCUT2D eigenvalue weighted by molar-refractivity contribution is 7.93. The van der Waals surface area contributed by atoms with Crippen molar-refractivity contribution >= 4 is 15.7 Å². The maximum Gasteiger partial charge on any atom is 0.136 e. The van der Waals surface area contributed by atoms with Crippen LogP contribution < -0.4 is 10.0 Å². The Morgan fingerprint density at radius 3 is 3.07 bits per heavy atom. The fourth-order valence-electron chi connectivity index (χ4n) is 1.37. The molecular formula is C8H15N5OS. The molecule has 2 heterocycles. The summed E-state index contributed by atoms with van der Waals surface area (Å²) in [6.07, 6.45) is 1.66. The highest BCUT2D eigenvalue weighted by Crippen LogP contribution is 2.18. The van der Waals surface area contributed by atoms with Crippen LogP contribution in [0.3, 0.4) is 0 Å². The molecule has 1 aliphatic heterocycles. The molecule has 1 aliphatic rings. The van der Waals surface area contributed by atoms with Crippen LogP contribution >= 0.6 is 0 Å². The lowest BCUT2D eigenvalue weighted by Crippen LogP contribution is -2.44. The van der Waals surface area contributed by atoms with Gasteiger partial charge in [0.15, 0.2) is 0 Å². The first-order chi connectivity index (χ1) is 7.12. The van der Waals surface area contributed by atoms with E-state index in [0.29, 0.717) is 17.6 Å². The van der Waals surface area contributed by atoms with Gasteiger partial charge in [-0.05, 0) is 0 Å². The number of aromatic nitrogens is 2. The minimum absolute atomic E-state index is 0.293. The maximum atomic E-state index is 11.6. The van der Waals surface area contributed by atoms with Gasteiger partial charge < -0.3 is 5.32 Å². The topological polar surface area (TPSA) is 82.8 Å². The Morgan fingerprint density at radius 2 is 2.53 bits per heavy atom. The Morgan fingerprint density at radius 1 is 1.80 bits per heavy atom. The van der Waals surface area contributed by atoms with Crippen LogP contribution in [-0.4, -0.2) is 32.8 Å². The van der Waals surface area contributed by atoms with Gasteiger partial charge in [-0.25, -0.2) is 13.7 Å². The van der Waals surface area contributed by atoms with Crippen molar-refractivity contribution < 1.29 is 4.21 Å². The summed E-state index contributed by atoms with van der Waals surface area (Å²) in [6, 6.07) is 2.07. The van der Waals surface area contributed by atoms with E-state index in [0.717, 1.165) is 13.1 Å². The van der Waals surface area contributed by atoms with Gasteiger partial charge in [0.2, 0.25) is 0 Å². The molecule has 15 heavy (non-hydrogen) atoms. The van der Waals surface area contributed by atoms with Crippen LogP contribution in [-0.2, 0) is 9.92 Å². The number of nitrogens with zero attached hydrogens (tertiary/aromatic N) is 2. The molecule has 3 N–H and O–H groups in total. The summed E-state index contributed by atoms with van der Waals surface area (Å²) in [7, 11) is -2.71. The molecule has 0 aliphatic carbocycles. The lowest BCUT2D eigenvalue weighted by atomic mass is 10.2. The molecule has 0 saturated carbocycles. The lowest BCUT2D eigenvalue weighted by Gasteiger charge is -2.29. The van der Waals surface area contributed by atoms with Crippen molar-refractivity contribution in [2.45, 2.75) is 13.0 Å². The minimum Gasteiger partial charge on any atom is -0.312 e. The molecule has 84 valence electrons. The molecule has 1 aromatic heterocycles. The van der Waals surface area contributed by atoms with E-state index in [1.807, 2.05) is 0 Å². The predicted molar refractivity (Wildman–Crippen MR) is 59.2 cm³/mol. The van der Waals surface area contributed by atoms with E-state index in [1.54, 1.807) is 23.9 Å². The zero-order valence-electron chi connectivity index (χ0n) is 8.56. The van der Waals surface area contributed by atoms with Crippen molar-refractivity contribution in [3.63, 3.8) is 0 Å². The second-order valence-corrected chi connectivity index (χ2v) is 5.67. The predicted octanol–water partition coefficient (Wildman–Crippen LogP) is 0.421. The van der Waals surface area contributed by atoms with Crippen LogP contribution in [0.1, 0.15) is 13.0 Å². The average molecular weight is 229 g/mol. The number of hydrogen-bond donors (Lipinski definition) is 3. The monoisotopic (exact) mass is 229 g/mol. The van der Waals surface area contributed by atoms with Crippen LogP contribution in [0.5, 0.6) is 0 Å². The van der Waals surface area contributed by atoms with Gasteiger partial charge in [0.05, 0.1) is 12.2 Å². The maximum absolute atomic E-state index is 11.6. The Bertz CT molecular complexity index is 434. The standard InChI is InChI=1S/C8H15N5OS/c1-2-15(9,14)12-8-3-4-11-13(8)7-5-10-6-7/h3-4,7,10H,2,5-6H2,1H3,(H2,9,12,14). The Hall–Kier alpha value is -1.08. The number of nitrogens with one attached hydrogen (secondary N) is 3. The Labute approximate surface area is 89.2 Å². The summed E-state index contributed by atoms with van der Waals surface area (Å²) >= 11 is 0. The van der Waals surface area contributed by atoms with E-state index in [9.17, 15) is 4.21 Å². The molecule has 1 aromatic rings. The molecule has 0 aromatic carbocycles. The van der Waals surface area contributed by atoms with Crippen LogP contribution in [0, 0.1) is 4.78 Å². The average Bonchev–Trinajstić information content (AvgIpc) is 2.50. The summed E-state index contributed by atoms with van der Waals surface area (Å²) in [5.41, 5.74) is 0. The van der Waals surface area contributed by atoms with Crippen molar-refractivity contribution in [3.05, 3.63) is 12.3 Å². The first kappa shape index (κ1) is 10.4. The van der Waals surface area contributed by atoms with Crippen LogP contribution in [0.15, 0.2) is 12.3 Å². The van der Waals surface area contributed by atoms with Crippen LogP contribution in [0.2, 0.25) is 0 Å². The molecule has 1 saturated heterocycles. The fraction of sp³-hybridized carbons (Fsp3) is 0.625. The van der Waals surface area contributed by atoms with Gasteiger partial charge in [0.1, 0.15) is 15.7 Å². The zero-order valence-corrected chi connectivity index (χ0v) is 9.38. The lowest BCUT2D eigenvalue weighted by molar-refractivity contribution is 0.322. The third-order valence-corrected chi connectivity index (χ3v) is 3.80. The van der Waals surface area contributed by atoms with Gasteiger partial charge in [0.25, 0.3) is 0 Å². The first-order valence-electron chi connectivity index (χ1n) is 4.91. The molecular weight excluding hydrogens is 214 g/mol. The molecule has 1 atom stereocenters. The number of anilines is 1. The Kier molecular flexibility index (Phi) is 2.66. The van der Waals surface area contributed by atoms with Crippen molar-refractivity contribution in [2.75, 3.05) is 23.6 Å². The first-order valence-corrected chi connectivity index (χ1v) is 6.63. The third-order valence-electron chi connectivity index (χ3n) is 2.45. The van der Waals surface area contributed by atoms with Gasteiger partial charge in [-0.15, -0.1) is 0 Å². The summed E-state index contributed by atoms with van der Waals surface area (Å²) in [5, 5.41) is 7.31. The molecule has 6 nitrogen and oxygen atoms in total. The van der Waals surface area contributed by atoms with E-state index < -0.39 is 9.92 Å². The second-order valence-electron chi connectivity index (χ2n) is 3.54. The molecule has 1 fully saturated rings. The van der Waals surface area contributed by atoms with E-state index >= 15 is 0 Å². The van der Waals surface area contributed by atoms with Gasteiger partial charge >= 0.3 is 0 Å². The molecule has 2 rings (SSSR count). The van der Waals surface area contributed by atoms with Crippen molar-refractivity contribution in [1.82, 2.24) is 15.1 Å². The van der Waals surface area contributed by atoms with E-state index in [4.69, 9.17) is 4.78 Å². The minimum atomic E-state index is -2.71. The fourth-order valence-corrected chi connectivity index (χ4v) is 2.02.